The minimum absolute atomic E-state index is 0.158. The van der Waals surface area contributed by atoms with Gasteiger partial charge in [-0.2, -0.15) is 13.2 Å². The first-order chi connectivity index (χ1) is 18.4. The Bertz CT molecular complexity index is 1540. The molecule has 39 heavy (non-hydrogen) atoms. The van der Waals surface area contributed by atoms with E-state index >= 15 is 0 Å². The van der Waals surface area contributed by atoms with Crippen LogP contribution in [0.5, 0.6) is 5.75 Å². The zero-order valence-corrected chi connectivity index (χ0v) is 22.2. The molecule has 0 atom stereocenters. The van der Waals surface area contributed by atoms with Crippen LogP contribution >= 0.6 is 11.6 Å². The number of benzene rings is 3. The van der Waals surface area contributed by atoms with Crippen LogP contribution in [0.15, 0.2) is 77.6 Å². The number of carbonyl (C=O) groups excluding carboxylic acids is 1. The van der Waals surface area contributed by atoms with Crippen LogP contribution in [0.2, 0.25) is 5.02 Å². The van der Waals surface area contributed by atoms with Gasteiger partial charge in [-0.25, -0.2) is 9.48 Å². The van der Waals surface area contributed by atoms with Crippen molar-refractivity contribution in [3.05, 3.63) is 105 Å². The smallest absolute Gasteiger partial charge is 0.416 e. The second-order valence-electron chi connectivity index (χ2n) is 9.46. The molecule has 1 amide bonds. The SMILES string of the molecule is COc1cccc(Cn2c(-c3ccc(Cl)cc3)nn(CC(=O)NC(C)(C)c3cccc(C(F)(F)F)c3)c2=O)c1. The highest BCUT2D eigenvalue weighted by Crippen LogP contribution is 2.32. The monoisotopic (exact) mass is 558 g/mol. The van der Waals surface area contributed by atoms with Gasteiger partial charge in [-0.15, -0.1) is 5.10 Å². The lowest BCUT2D eigenvalue weighted by molar-refractivity contribution is -0.137. The Morgan fingerprint density at radius 3 is 2.33 bits per heavy atom. The number of aromatic nitrogens is 3. The fourth-order valence-corrected chi connectivity index (χ4v) is 4.26. The molecule has 3 aromatic carbocycles. The van der Waals surface area contributed by atoms with Crippen molar-refractivity contribution < 1.29 is 22.7 Å². The molecule has 0 bridgehead atoms. The van der Waals surface area contributed by atoms with Gasteiger partial charge < -0.3 is 10.1 Å². The quantitative estimate of drug-likeness (QED) is 0.310. The van der Waals surface area contributed by atoms with Crippen molar-refractivity contribution in [3.63, 3.8) is 0 Å². The highest BCUT2D eigenvalue weighted by atomic mass is 35.5. The summed E-state index contributed by atoms with van der Waals surface area (Å²) in [6.45, 7) is 2.89. The molecule has 0 aliphatic rings. The first-order valence-corrected chi connectivity index (χ1v) is 12.3. The Kier molecular flexibility index (Phi) is 7.87. The van der Waals surface area contributed by atoms with Crippen molar-refractivity contribution in [3.8, 4) is 17.1 Å². The maximum atomic E-state index is 13.4. The summed E-state index contributed by atoms with van der Waals surface area (Å²) in [6, 6.07) is 18.7. The third kappa shape index (κ3) is 6.51. The van der Waals surface area contributed by atoms with E-state index in [0.717, 1.165) is 22.4 Å². The summed E-state index contributed by atoms with van der Waals surface area (Å²) in [5.41, 5.74) is -0.839. The van der Waals surface area contributed by atoms with Gasteiger partial charge in [0.05, 0.1) is 24.8 Å². The minimum Gasteiger partial charge on any atom is -0.497 e. The summed E-state index contributed by atoms with van der Waals surface area (Å²) in [5.74, 6) is 0.356. The molecule has 4 aromatic rings. The maximum Gasteiger partial charge on any atom is 0.416 e. The third-order valence-corrected chi connectivity index (χ3v) is 6.41. The number of carbonyl (C=O) groups is 1. The molecular weight excluding hydrogens is 533 g/mol. The number of nitrogens with one attached hydrogen (secondary N) is 1. The largest absolute Gasteiger partial charge is 0.497 e. The Labute approximate surface area is 227 Å². The Morgan fingerprint density at radius 1 is 1.00 bits per heavy atom. The van der Waals surface area contributed by atoms with Crippen LogP contribution in [0.1, 0.15) is 30.5 Å². The molecule has 0 aliphatic carbocycles. The van der Waals surface area contributed by atoms with E-state index < -0.39 is 35.4 Å². The number of methoxy groups -OCH3 is 1. The fourth-order valence-electron chi connectivity index (χ4n) is 4.13. The number of ether oxygens (including phenoxy) is 1. The molecule has 1 N–H and O–H groups in total. The molecule has 11 heteroatoms. The zero-order valence-electron chi connectivity index (χ0n) is 21.4. The van der Waals surface area contributed by atoms with Gasteiger partial charge in [0.2, 0.25) is 5.91 Å². The number of nitrogens with zero attached hydrogens (tertiary/aromatic N) is 3. The lowest BCUT2D eigenvalue weighted by atomic mass is 9.92. The summed E-state index contributed by atoms with van der Waals surface area (Å²) >= 11 is 6.03. The fraction of sp³-hybridized carbons (Fsp3) is 0.250. The summed E-state index contributed by atoms with van der Waals surface area (Å²) in [4.78, 5) is 26.4. The van der Waals surface area contributed by atoms with Crippen molar-refractivity contribution in [1.82, 2.24) is 19.7 Å². The van der Waals surface area contributed by atoms with E-state index in [2.05, 4.69) is 10.4 Å². The number of rotatable bonds is 8. The van der Waals surface area contributed by atoms with E-state index in [4.69, 9.17) is 16.3 Å². The first-order valence-electron chi connectivity index (χ1n) is 11.9. The van der Waals surface area contributed by atoms with Crippen molar-refractivity contribution in [1.29, 1.82) is 0 Å². The summed E-state index contributed by atoms with van der Waals surface area (Å²) in [5, 5.41) is 7.65. The van der Waals surface area contributed by atoms with Crippen LogP contribution in [-0.2, 0) is 29.6 Å². The Hall–Kier alpha value is -4.05. The molecule has 0 saturated heterocycles. The Morgan fingerprint density at radius 2 is 1.67 bits per heavy atom. The molecule has 0 fully saturated rings. The molecule has 4 rings (SSSR count). The van der Waals surface area contributed by atoms with E-state index in [1.165, 1.54) is 16.7 Å². The van der Waals surface area contributed by atoms with Crippen LogP contribution in [-0.4, -0.2) is 27.4 Å². The Balaban J connectivity index is 1.64. The second kappa shape index (κ2) is 11.0. The van der Waals surface area contributed by atoms with Crippen molar-refractivity contribution in [2.75, 3.05) is 7.11 Å². The first kappa shape index (κ1) is 28.0. The van der Waals surface area contributed by atoms with E-state index in [1.807, 2.05) is 6.07 Å². The van der Waals surface area contributed by atoms with Crippen LogP contribution in [0.4, 0.5) is 13.2 Å². The average Bonchev–Trinajstić information content (AvgIpc) is 3.18. The van der Waals surface area contributed by atoms with Crippen molar-refractivity contribution in [2.45, 2.75) is 38.7 Å². The van der Waals surface area contributed by atoms with Gasteiger partial charge in [0, 0.05) is 10.6 Å². The molecule has 1 heterocycles. The van der Waals surface area contributed by atoms with E-state index in [9.17, 15) is 22.8 Å². The van der Waals surface area contributed by atoms with Crippen LogP contribution in [0.25, 0.3) is 11.4 Å². The van der Waals surface area contributed by atoms with Crippen molar-refractivity contribution in [2.24, 2.45) is 0 Å². The second-order valence-corrected chi connectivity index (χ2v) is 9.90. The summed E-state index contributed by atoms with van der Waals surface area (Å²) in [7, 11) is 1.54. The molecule has 1 aromatic heterocycles. The minimum atomic E-state index is -4.52. The standard InChI is InChI=1S/C28H26ClF3N4O3/c1-27(2,20-7-5-8-21(15-20)28(30,31)32)33-24(37)17-36-26(38)35(16-18-6-4-9-23(14-18)39-3)25(34-36)19-10-12-22(29)13-11-19/h4-15H,16-17H2,1-3H3,(H,33,37). The van der Waals surface area contributed by atoms with Crippen molar-refractivity contribution >= 4 is 17.5 Å². The molecule has 7 nitrogen and oxygen atoms in total. The average molecular weight is 559 g/mol. The molecule has 0 saturated carbocycles. The van der Waals surface area contributed by atoms with Crippen LogP contribution in [0.3, 0.4) is 0 Å². The predicted octanol–water partition coefficient (Wildman–Crippen LogP) is 5.49. The van der Waals surface area contributed by atoms with Crippen LogP contribution < -0.4 is 15.7 Å². The molecule has 0 spiro atoms. The van der Waals surface area contributed by atoms with Crippen LogP contribution in [0, 0.1) is 0 Å². The molecule has 0 unspecified atom stereocenters. The highest BCUT2D eigenvalue weighted by Gasteiger charge is 2.32. The number of hydrogen-bond acceptors (Lipinski definition) is 4. The van der Waals surface area contributed by atoms with Gasteiger partial charge in [-0.1, -0.05) is 35.9 Å². The van der Waals surface area contributed by atoms with Gasteiger partial charge in [0.1, 0.15) is 12.3 Å². The molecule has 0 aliphatic heterocycles. The van der Waals surface area contributed by atoms with Gasteiger partial charge in [-0.05, 0) is 73.5 Å². The summed E-state index contributed by atoms with van der Waals surface area (Å²) < 4.78 is 47.3. The number of amides is 1. The van der Waals surface area contributed by atoms with Gasteiger partial charge in [0.25, 0.3) is 0 Å². The van der Waals surface area contributed by atoms with Gasteiger partial charge in [-0.3, -0.25) is 9.36 Å². The lowest BCUT2D eigenvalue weighted by Gasteiger charge is -2.27. The van der Waals surface area contributed by atoms with E-state index in [0.29, 0.717) is 22.2 Å². The number of hydrogen-bond donors (Lipinski definition) is 1. The number of alkyl halides is 3. The number of halogens is 4. The van der Waals surface area contributed by atoms with Gasteiger partial charge in [0.15, 0.2) is 5.82 Å². The van der Waals surface area contributed by atoms with Gasteiger partial charge >= 0.3 is 11.9 Å². The predicted molar refractivity (Wildman–Crippen MR) is 142 cm³/mol. The molecular formula is C28H26ClF3N4O3. The van der Waals surface area contributed by atoms with E-state index in [-0.39, 0.29) is 12.1 Å². The lowest BCUT2D eigenvalue weighted by Crippen LogP contribution is -2.44. The molecule has 0 radical (unpaired) electrons. The zero-order chi connectivity index (χ0) is 28.4. The topological polar surface area (TPSA) is 78.2 Å². The molecule has 204 valence electrons. The summed E-state index contributed by atoms with van der Waals surface area (Å²) in [6.07, 6.45) is -4.52. The van der Waals surface area contributed by atoms with E-state index in [1.54, 1.807) is 63.4 Å². The maximum absolute atomic E-state index is 13.4. The third-order valence-electron chi connectivity index (χ3n) is 6.16. The highest BCUT2D eigenvalue weighted by molar-refractivity contribution is 6.30. The normalized spacial score (nSPS) is 11.9.